The van der Waals surface area contributed by atoms with Crippen molar-refractivity contribution in [1.82, 2.24) is 5.32 Å². The van der Waals surface area contributed by atoms with Crippen molar-refractivity contribution in [2.75, 3.05) is 13.7 Å². The van der Waals surface area contributed by atoms with E-state index in [4.69, 9.17) is 4.74 Å². The van der Waals surface area contributed by atoms with Crippen LogP contribution in [0, 0.1) is 5.92 Å². The fourth-order valence-electron chi connectivity index (χ4n) is 3.28. The topological polar surface area (TPSA) is 21.3 Å². The first-order valence-corrected chi connectivity index (χ1v) is 7.89. The van der Waals surface area contributed by atoms with E-state index in [0.29, 0.717) is 5.92 Å². The summed E-state index contributed by atoms with van der Waals surface area (Å²) in [6, 6.07) is 8.53. The van der Waals surface area contributed by atoms with Crippen LogP contribution in [0.4, 0.5) is 0 Å². The second-order valence-electron chi connectivity index (χ2n) is 7.02. The standard InChI is InChI=1S/C18H29NO/c1-18(2,3)19-13-16(14-9-5-6-10-14)15-11-7-8-12-17(15)20-4/h7-8,11-12,14,16,19H,5-6,9-10,13H2,1-4H3. The molecule has 2 nitrogen and oxygen atoms in total. The first kappa shape index (κ1) is 15.4. The molecule has 1 aromatic carbocycles. The first-order valence-electron chi connectivity index (χ1n) is 7.89. The van der Waals surface area contributed by atoms with Gasteiger partial charge in [-0.15, -0.1) is 0 Å². The summed E-state index contributed by atoms with van der Waals surface area (Å²) >= 11 is 0. The Balaban J connectivity index is 2.20. The highest BCUT2D eigenvalue weighted by Gasteiger charge is 2.29. The van der Waals surface area contributed by atoms with Crippen LogP contribution in [0.25, 0.3) is 0 Å². The molecule has 1 aliphatic carbocycles. The number of rotatable bonds is 5. The Labute approximate surface area is 123 Å². The lowest BCUT2D eigenvalue weighted by Gasteiger charge is -2.30. The summed E-state index contributed by atoms with van der Waals surface area (Å²) in [7, 11) is 1.78. The van der Waals surface area contributed by atoms with Crippen molar-refractivity contribution in [2.45, 2.75) is 57.9 Å². The highest BCUT2D eigenvalue weighted by molar-refractivity contribution is 5.37. The summed E-state index contributed by atoms with van der Waals surface area (Å²) < 4.78 is 5.59. The number of para-hydroxylation sites is 1. The lowest BCUT2D eigenvalue weighted by molar-refractivity contribution is 0.338. The van der Waals surface area contributed by atoms with Gasteiger partial charge in [0.15, 0.2) is 0 Å². The molecule has 0 spiro atoms. The van der Waals surface area contributed by atoms with Crippen LogP contribution < -0.4 is 10.1 Å². The maximum atomic E-state index is 5.59. The van der Waals surface area contributed by atoms with Gasteiger partial charge in [-0.25, -0.2) is 0 Å². The average Bonchev–Trinajstić information content (AvgIpc) is 2.92. The molecule has 0 bridgehead atoms. The molecule has 0 saturated heterocycles. The highest BCUT2D eigenvalue weighted by atomic mass is 16.5. The van der Waals surface area contributed by atoms with E-state index in [1.54, 1.807) is 7.11 Å². The number of hydrogen-bond donors (Lipinski definition) is 1. The second-order valence-corrected chi connectivity index (χ2v) is 7.02. The van der Waals surface area contributed by atoms with E-state index in [0.717, 1.165) is 18.2 Å². The molecule has 1 unspecified atom stereocenters. The molecule has 112 valence electrons. The molecule has 1 saturated carbocycles. The Bertz CT molecular complexity index is 416. The fourth-order valence-corrected chi connectivity index (χ4v) is 3.28. The van der Waals surface area contributed by atoms with Gasteiger partial charge >= 0.3 is 0 Å². The Kier molecular flexibility index (Phi) is 5.09. The number of nitrogens with one attached hydrogen (secondary N) is 1. The minimum atomic E-state index is 0.166. The molecule has 20 heavy (non-hydrogen) atoms. The zero-order chi connectivity index (χ0) is 14.6. The van der Waals surface area contributed by atoms with Crippen molar-refractivity contribution in [2.24, 2.45) is 5.92 Å². The Morgan fingerprint density at radius 2 is 1.85 bits per heavy atom. The van der Waals surface area contributed by atoms with Crippen LogP contribution in [-0.2, 0) is 0 Å². The van der Waals surface area contributed by atoms with Gasteiger partial charge in [0.1, 0.15) is 5.75 Å². The number of benzene rings is 1. The molecule has 0 amide bonds. The predicted molar refractivity (Wildman–Crippen MR) is 85.4 cm³/mol. The van der Waals surface area contributed by atoms with E-state index in [2.05, 4.69) is 50.4 Å². The van der Waals surface area contributed by atoms with Crippen LogP contribution in [0.2, 0.25) is 0 Å². The molecule has 1 aliphatic rings. The molecular formula is C18H29NO. The fraction of sp³-hybridized carbons (Fsp3) is 0.667. The Morgan fingerprint density at radius 3 is 2.45 bits per heavy atom. The van der Waals surface area contributed by atoms with Gasteiger partial charge in [0.2, 0.25) is 0 Å². The van der Waals surface area contributed by atoms with Crippen LogP contribution in [0.3, 0.4) is 0 Å². The summed E-state index contributed by atoms with van der Waals surface area (Å²) in [5.74, 6) is 2.40. The zero-order valence-corrected chi connectivity index (χ0v) is 13.4. The van der Waals surface area contributed by atoms with Gasteiger partial charge in [-0.2, -0.15) is 0 Å². The highest BCUT2D eigenvalue weighted by Crippen LogP contribution is 2.40. The maximum absolute atomic E-state index is 5.59. The van der Waals surface area contributed by atoms with Crippen LogP contribution in [0.1, 0.15) is 57.9 Å². The largest absolute Gasteiger partial charge is 0.496 e. The Hall–Kier alpha value is -1.02. The van der Waals surface area contributed by atoms with Crippen molar-refractivity contribution in [3.8, 4) is 5.75 Å². The van der Waals surface area contributed by atoms with E-state index in [-0.39, 0.29) is 5.54 Å². The lowest BCUT2D eigenvalue weighted by atomic mass is 9.83. The van der Waals surface area contributed by atoms with E-state index >= 15 is 0 Å². The summed E-state index contributed by atoms with van der Waals surface area (Å²) in [5, 5.41) is 3.69. The van der Waals surface area contributed by atoms with Gasteiger partial charge in [-0.05, 0) is 51.2 Å². The molecule has 1 N–H and O–H groups in total. The summed E-state index contributed by atoms with van der Waals surface area (Å²) in [6.07, 6.45) is 5.47. The molecular weight excluding hydrogens is 246 g/mol. The lowest BCUT2D eigenvalue weighted by Crippen LogP contribution is -2.39. The quantitative estimate of drug-likeness (QED) is 0.862. The minimum Gasteiger partial charge on any atom is -0.496 e. The predicted octanol–water partition coefficient (Wildman–Crippen LogP) is 4.36. The van der Waals surface area contributed by atoms with E-state index in [1.807, 2.05) is 0 Å². The molecule has 0 heterocycles. The summed E-state index contributed by atoms with van der Waals surface area (Å²) in [5.41, 5.74) is 1.54. The van der Waals surface area contributed by atoms with Crippen LogP contribution in [-0.4, -0.2) is 19.2 Å². The third kappa shape index (κ3) is 3.99. The van der Waals surface area contributed by atoms with Crippen molar-refractivity contribution >= 4 is 0 Å². The molecule has 1 aromatic rings. The SMILES string of the molecule is COc1ccccc1C(CNC(C)(C)C)C1CCCC1. The molecule has 0 radical (unpaired) electrons. The molecule has 1 fully saturated rings. The van der Waals surface area contributed by atoms with Crippen LogP contribution >= 0.6 is 0 Å². The summed E-state index contributed by atoms with van der Waals surface area (Å²) in [6.45, 7) is 7.75. The van der Waals surface area contributed by atoms with Crippen molar-refractivity contribution in [3.05, 3.63) is 29.8 Å². The number of ether oxygens (including phenoxy) is 1. The third-order valence-electron chi connectivity index (χ3n) is 4.36. The molecule has 2 rings (SSSR count). The van der Waals surface area contributed by atoms with E-state index in [1.165, 1.54) is 31.2 Å². The minimum absolute atomic E-state index is 0.166. The van der Waals surface area contributed by atoms with Gasteiger partial charge in [-0.3, -0.25) is 0 Å². The van der Waals surface area contributed by atoms with Crippen molar-refractivity contribution in [3.63, 3.8) is 0 Å². The van der Waals surface area contributed by atoms with Crippen LogP contribution in [0.15, 0.2) is 24.3 Å². The van der Waals surface area contributed by atoms with E-state index < -0.39 is 0 Å². The zero-order valence-electron chi connectivity index (χ0n) is 13.4. The third-order valence-corrected chi connectivity index (χ3v) is 4.36. The molecule has 2 heteroatoms. The van der Waals surface area contributed by atoms with Crippen molar-refractivity contribution < 1.29 is 4.74 Å². The average molecular weight is 275 g/mol. The van der Waals surface area contributed by atoms with Gasteiger partial charge in [0, 0.05) is 18.0 Å². The van der Waals surface area contributed by atoms with Crippen molar-refractivity contribution in [1.29, 1.82) is 0 Å². The van der Waals surface area contributed by atoms with E-state index in [9.17, 15) is 0 Å². The van der Waals surface area contributed by atoms with Gasteiger partial charge < -0.3 is 10.1 Å². The Morgan fingerprint density at radius 1 is 1.20 bits per heavy atom. The molecule has 1 atom stereocenters. The van der Waals surface area contributed by atoms with Gasteiger partial charge in [0.05, 0.1) is 7.11 Å². The second kappa shape index (κ2) is 6.62. The smallest absolute Gasteiger partial charge is 0.122 e. The number of methoxy groups -OCH3 is 1. The molecule has 0 aliphatic heterocycles. The van der Waals surface area contributed by atoms with Gasteiger partial charge in [-0.1, -0.05) is 31.0 Å². The molecule has 0 aromatic heterocycles. The normalized spacial score (nSPS) is 18.2. The van der Waals surface area contributed by atoms with Gasteiger partial charge in [0.25, 0.3) is 0 Å². The summed E-state index contributed by atoms with van der Waals surface area (Å²) in [4.78, 5) is 0. The van der Waals surface area contributed by atoms with Crippen LogP contribution in [0.5, 0.6) is 5.75 Å². The monoisotopic (exact) mass is 275 g/mol. The first-order chi connectivity index (χ1) is 9.51. The number of hydrogen-bond acceptors (Lipinski definition) is 2. The maximum Gasteiger partial charge on any atom is 0.122 e.